The summed E-state index contributed by atoms with van der Waals surface area (Å²) in [7, 11) is 1.62. The zero-order chi connectivity index (χ0) is 20.8. The fourth-order valence-corrected chi connectivity index (χ4v) is 4.50. The largest absolute Gasteiger partial charge is 0.497 e. The number of hydrogen-bond donors (Lipinski definition) is 1. The van der Waals surface area contributed by atoms with E-state index >= 15 is 0 Å². The standard InChI is InChI=1S/C24H26N2O3S/c1-28-21-6-8-22(9-7-21)29-16-24(27)25-14-23(20-11-13-30-17-20)26-12-10-18-4-2-3-5-19(18)15-26/h2-9,11,13,17,23H,10,12,14-16H2,1H3,(H,25,27)/t23-/m0/s1. The molecule has 156 valence electrons. The molecule has 0 aliphatic carbocycles. The van der Waals surface area contributed by atoms with E-state index in [1.807, 2.05) is 12.1 Å². The molecule has 0 saturated carbocycles. The lowest BCUT2D eigenvalue weighted by Gasteiger charge is -2.35. The van der Waals surface area contributed by atoms with Crippen LogP contribution in [-0.4, -0.2) is 37.6 Å². The number of hydrogen-bond acceptors (Lipinski definition) is 5. The molecule has 0 fully saturated rings. The first-order chi connectivity index (χ1) is 14.7. The Balaban J connectivity index is 1.35. The molecule has 1 N–H and O–H groups in total. The fraction of sp³-hybridized carbons (Fsp3) is 0.292. The second kappa shape index (κ2) is 9.78. The van der Waals surface area contributed by atoms with Crippen molar-refractivity contribution >= 4 is 17.2 Å². The molecule has 1 aliphatic rings. The Bertz CT molecular complexity index is 957. The first-order valence-electron chi connectivity index (χ1n) is 10.1. The number of fused-ring (bicyclic) bond motifs is 1. The van der Waals surface area contributed by atoms with Gasteiger partial charge >= 0.3 is 0 Å². The smallest absolute Gasteiger partial charge is 0.258 e. The second-order valence-corrected chi connectivity index (χ2v) is 8.11. The van der Waals surface area contributed by atoms with Gasteiger partial charge in [0.1, 0.15) is 11.5 Å². The highest BCUT2D eigenvalue weighted by Crippen LogP contribution is 2.28. The number of ether oxygens (including phenoxy) is 2. The number of nitrogens with one attached hydrogen (secondary N) is 1. The number of methoxy groups -OCH3 is 1. The van der Waals surface area contributed by atoms with Crippen molar-refractivity contribution in [2.45, 2.75) is 19.0 Å². The third-order valence-corrected chi connectivity index (χ3v) is 6.15. The van der Waals surface area contributed by atoms with E-state index in [0.717, 1.165) is 25.3 Å². The van der Waals surface area contributed by atoms with E-state index in [-0.39, 0.29) is 18.6 Å². The van der Waals surface area contributed by atoms with Crippen molar-refractivity contribution in [2.75, 3.05) is 26.8 Å². The van der Waals surface area contributed by atoms with E-state index in [1.54, 1.807) is 30.6 Å². The summed E-state index contributed by atoms with van der Waals surface area (Å²) in [5, 5.41) is 7.32. The number of carbonyl (C=O) groups excluding carboxylic acids is 1. The lowest BCUT2D eigenvalue weighted by atomic mass is 9.97. The second-order valence-electron chi connectivity index (χ2n) is 7.33. The van der Waals surface area contributed by atoms with Crippen LogP contribution in [0.2, 0.25) is 0 Å². The average Bonchev–Trinajstić information content (AvgIpc) is 3.32. The highest BCUT2D eigenvalue weighted by atomic mass is 32.1. The molecule has 2 aromatic carbocycles. The third kappa shape index (κ3) is 5.01. The molecule has 0 unspecified atom stereocenters. The Morgan fingerprint density at radius 3 is 2.60 bits per heavy atom. The van der Waals surface area contributed by atoms with E-state index in [9.17, 15) is 4.79 Å². The number of amides is 1. The number of thiophene rings is 1. The molecule has 2 heterocycles. The van der Waals surface area contributed by atoms with Gasteiger partial charge in [-0.1, -0.05) is 24.3 Å². The maximum Gasteiger partial charge on any atom is 0.258 e. The maximum atomic E-state index is 12.4. The van der Waals surface area contributed by atoms with Gasteiger partial charge in [-0.05, 0) is 64.2 Å². The van der Waals surface area contributed by atoms with Gasteiger partial charge in [0.05, 0.1) is 13.2 Å². The van der Waals surface area contributed by atoms with Gasteiger partial charge in [0, 0.05) is 19.6 Å². The summed E-state index contributed by atoms with van der Waals surface area (Å²) >= 11 is 1.69. The molecule has 6 heteroatoms. The maximum absolute atomic E-state index is 12.4. The number of nitrogens with zero attached hydrogens (tertiary/aromatic N) is 1. The summed E-state index contributed by atoms with van der Waals surface area (Å²) in [5.41, 5.74) is 4.05. The molecular weight excluding hydrogens is 396 g/mol. The third-order valence-electron chi connectivity index (χ3n) is 5.45. The first-order valence-corrected chi connectivity index (χ1v) is 11.0. The summed E-state index contributed by atoms with van der Waals surface area (Å²) in [4.78, 5) is 14.9. The number of benzene rings is 2. The van der Waals surface area contributed by atoms with Gasteiger partial charge in [-0.3, -0.25) is 9.69 Å². The number of carbonyl (C=O) groups is 1. The van der Waals surface area contributed by atoms with Crippen molar-refractivity contribution in [3.63, 3.8) is 0 Å². The minimum Gasteiger partial charge on any atom is -0.497 e. The van der Waals surface area contributed by atoms with Gasteiger partial charge in [-0.15, -0.1) is 0 Å². The van der Waals surface area contributed by atoms with Crippen molar-refractivity contribution in [1.82, 2.24) is 10.2 Å². The highest BCUT2D eigenvalue weighted by molar-refractivity contribution is 7.07. The van der Waals surface area contributed by atoms with Crippen LogP contribution in [0.4, 0.5) is 0 Å². The molecule has 3 aromatic rings. The van der Waals surface area contributed by atoms with Crippen LogP contribution in [0.25, 0.3) is 0 Å². The van der Waals surface area contributed by atoms with E-state index in [2.05, 4.69) is 51.3 Å². The Morgan fingerprint density at radius 1 is 1.10 bits per heavy atom. The van der Waals surface area contributed by atoms with E-state index in [0.29, 0.717) is 12.3 Å². The van der Waals surface area contributed by atoms with Gasteiger partial charge in [0.15, 0.2) is 6.61 Å². The lowest BCUT2D eigenvalue weighted by Crippen LogP contribution is -2.41. The molecule has 4 rings (SSSR count). The molecule has 1 atom stereocenters. The Hall–Kier alpha value is -2.83. The van der Waals surface area contributed by atoms with Crippen molar-refractivity contribution in [1.29, 1.82) is 0 Å². The van der Waals surface area contributed by atoms with Crippen LogP contribution in [0.15, 0.2) is 65.4 Å². The van der Waals surface area contributed by atoms with Crippen molar-refractivity contribution in [3.05, 3.63) is 82.0 Å². The van der Waals surface area contributed by atoms with Crippen molar-refractivity contribution in [3.8, 4) is 11.5 Å². The van der Waals surface area contributed by atoms with Gasteiger partial charge in [0.2, 0.25) is 0 Å². The molecule has 0 radical (unpaired) electrons. The zero-order valence-corrected chi connectivity index (χ0v) is 17.9. The summed E-state index contributed by atoms with van der Waals surface area (Å²) in [5.74, 6) is 1.28. The zero-order valence-electron chi connectivity index (χ0n) is 17.0. The van der Waals surface area contributed by atoms with Gasteiger partial charge in [0.25, 0.3) is 5.91 Å². The van der Waals surface area contributed by atoms with E-state index in [4.69, 9.17) is 9.47 Å². The molecule has 30 heavy (non-hydrogen) atoms. The predicted octanol–water partition coefficient (Wildman–Crippen LogP) is 4.05. The van der Waals surface area contributed by atoms with E-state index in [1.165, 1.54) is 16.7 Å². The van der Waals surface area contributed by atoms with Crippen LogP contribution in [-0.2, 0) is 17.8 Å². The molecule has 1 aliphatic heterocycles. The molecule has 0 bridgehead atoms. The predicted molar refractivity (Wildman–Crippen MR) is 119 cm³/mol. The Kier molecular flexibility index (Phi) is 6.67. The van der Waals surface area contributed by atoms with Crippen LogP contribution in [0.5, 0.6) is 11.5 Å². The minimum atomic E-state index is -0.122. The summed E-state index contributed by atoms with van der Waals surface area (Å²) in [6.07, 6.45) is 1.03. The molecule has 0 saturated heterocycles. The topological polar surface area (TPSA) is 50.8 Å². The summed E-state index contributed by atoms with van der Waals surface area (Å²) in [6, 6.07) is 18.1. The Labute approximate surface area is 181 Å². The molecular formula is C24H26N2O3S. The fourth-order valence-electron chi connectivity index (χ4n) is 3.79. The molecule has 5 nitrogen and oxygen atoms in total. The SMILES string of the molecule is COc1ccc(OCC(=O)NC[C@@H](c2ccsc2)N2CCc3ccccc3C2)cc1. The van der Waals surface area contributed by atoms with Crippen LogP contribution in [0.3, 0.4) is 0 Å². The van der Waals surface area contributed by atoms with Gasteiger partial charge in [-0.2, -0.15) is 11.3 Å². The Morgan fingerprint density at radius 2 is 1.87 bits per heavy atom. The van der Waals surface area contributed by atoms with Gasteiger partial charge < -0.3 is 14.8 Å². The van der Waals surface area contributed by atoms with Gasteiger partial charge in [-0.25, -0.2) is 0 Å². The average molecular weight is 423 g/mol. The first kappa shape index (κ1) is 20.4. The monoisotopic (exact) mass is 422 g/mol. The van der Waals surface area contributed by atoms with Crippen LogP contribution in [0.1, 0.15) is 22.7 Å². The molecule has 1 aromatic heterocycles. The van der Waals surface area contributed by atoms with Crippen LogP contribution >= 0.6 is 11.3 Å². The van der Waals surface area contributed by atoms with E-state index < -0.39 is 0 Å². The van der Waals surface area contributed by atoms with Crippen molar-refractivity contribution in [2.24, 2.45) is 0 Å². The number of rotatable bonds is 8. The van der Waals surface area contributed by atoms with Crippen molar-refractivity contribution < 1.29 is 14.3 Å². The quantitative estimate of drug-likeness (QED) is 0.595. The highest BCUT2D eigenvalue weighted by Gasteiger charge is 2.25. The minimum absolute atomic E-state index is 0.00841. The lowest BCUT2D eigenvalue weighted by molar-refractivity contribution is -0.123. The van der Waals surface area contributed by atoms with Crippen LogP contribution < -0.4 is 14.8 Å². The normalized spacial score (nSPS) is 14.6. The summed E-state index contributed by atoms with van der Waals surface area (Å²) < 4.78 is 10.7. The molecule has 0 spiro atoms. The van der Waals surface area contributed by atoms with Crippen LogP contribution in [0, 0.1) is 0 Å². The molecule has 1 amide bonds. The summed E-state index contributed by atoms with van der Waals surface area (Å²) in [6.45, 7) is 2.43.